The molecule has 0 saturated carbocycles. The van der Waals surface area contributed by atoms with Crippen LogP contribution in [0.2, 0.25) is 0 Å². The van der Waals surface area contributed by atoms with E-state index in [1.165, 1.54) is 11.1 Å². The number of benzene rings is 1. The smallest absolute Gasteiger partial charge is 0.0699 e. The van der Waals surface area contributed by atoms with E-state index in [9.17, 15) is 0 Å². The van der Waals surface area contributed by atoms with Crippen molar-refractivity contribution in [3.63, 3.8) is 0 Å². The van der Waals surface area contributed by atoms with Gasteiger partial charge in [0.2, 0.25) is 0 Å². The third-order valence-corrected chi connectivity index (χ3v) is 3.48. The van der Waals surface area contributed by atoms with Gasteiger partial charge >= 0.3 is 0 Å². The zero-order valence-corrected chi connectivity index (χ0v) is 11.1. The summed E-state index contributed by atoms with van der Waals surface area (Å²) in [7, 11) is 0. The fraction of sp³-hybridized carbons (Fsp3) is 0.167. The molecule has 0 amide bonds. The van der Waals surface area contributed by atoms with E-state index in [1.54, 1.807) is 0 Å². The van der Waals surface area contributed by atoms with E-state index >= 15 is 0 Å². The van der Waals surface area contributed by atoms with E-state index in [2.05, 4.69) is 66.5 Å². The first-order valence-electron chi connectivity index (χ1n) is 6.73. The molecule has 1 unspecified atom stereocenters. The van der Waals surface area contributed by atoms with E-state index in [0.29, 0.717) is 5.92 Å². The maximum Gasteiger partial charge on any atom is 0.0699 e. The summed E-state index contributed by atoms with van der Waals surface area (Å²) in [6.45, 7) is 2.23. The van der Waals surface area contributed by atoms with Crippen LogP contribution in [0, 0.1) is 5.92 Å². The Morgan fingerprint density at radius 3 is 2.47 bits per heavy atom. The number of aromatic nitrogens is 1. The van der Waals surface area contributed by atoms with Crippen LogP contribution in [-0.2, 0) is 0 Å². The van der Waals surface area contributed by atoms with Gasteiger partial charge in [-0.1, -0.05) is 61.5 Å². The molecule has 0 radical (unpaired) electrons. The predicted molar refractivity (Wildman–Crippen MR) is 80.6 cm³/mol. The second-order valence-electron chi connectivity index (χ2n) is 5.03. The lowest BCUT2D eigenvalue weighted by atomic mass is 9.96. The average molecular weight is 247 g/mol. The minimum atomic E-state index is 0.646. The van der Waals surface area contributed by atoms with Crippen molar-refractivity contribution < 1.29 is 0 Å². The van der Waals surface area contributed by atoms with Crippen LogP contribution in [-0.4, -0.2) is 4.98 Å². The van der Waals surface area contributed by atoms with Crippen LogP contribution in [0.1, 0.15) is 19.0 Å². The van der Waals surface area contributed by atoms with E-state index in [-0.39, 0.29) is 0 Å². The average Bonchev–Trinajstić information content (AvgIpc) is 2.49. The maximum atomic E-state index is 4.58. The van der Waals surface area contributed by atoms with E-state index in [0.717, 1.165) is 17.7 Å². The molecule has 1 nitrogen and oxygen atoms in total. The Bertz CT molecular complexity index is 606. The summed E-state index contributed by atoms with van der Waals surface area (Å²) in [6.07, 6.45) is 9.77. The number of pyridine rings is 1. The standard InChI is InChI=1S/C18H17N/c1-14-7-9-16(10-8-14)18-12-11-17(13-19-18)15-5-3-2-4-6-15/h2-7,9-14H,8H2,1H3. The molecule has 19 heavy (non-hydrogen) atoms. The zero-order valence-electron chi connectivity index (χ0n) is 11.1. The molecule has 0 N–H and O–H groups in total. The summed E-state index contributed by atoms with van der Waals surface area (Å²) >= 11 is 0. The van der Waals surface area contributed by atoms with Crippen LogP contribution in [0.25, 0.3) is 16.7 Å². The highest BCUT2D eigenvalue weighted by Crippen LogP contribution is 2.24. The molecule has 2 aromatic rings. The summed E-state index contributed by atoms with van der Waals surface area (Å²) in [6, 6.07) is 14.6. The summed E-state index contributed by atoms with van der Waals surface area (Å²) in [5, 5.41) is 0. The van der Waals surface area contributed by atoms with Crippen LogP contribution >= 0.6 is 0 Å². The van der Waals surface area contributed by atoms with Crippen molar-refractivity contribution >= 4 is 5.57 Å². The van der Waals surface area contributed by atoms with Crippen LogP contribution < -0.4 is 0 Å². The van der Waals surface area contributed by atoms with E-state index < -0.39 is 0 Å². The van der Waals surface area contributed by atoms with Gasteiger partial charge in [0, 0.05) is 11.8 Å². The second kappa shape index (κ2) is 5.23. The van der Waals surface area contributed by atoms with Crippen molar-refractivity contribution in [2.45, 2.75) is 13.3 Å². The van der Waals surface area contributed by atoms with E-state index in [1.807, 2.05) is 12.3 Å². The molecule has 0 fully saturated rings. The van der Waals surface area contributed by atoms with Crippen LogP contribution in [0.4, 0.5) is 0 Å². The molecule has 1 heteroatoms. The molecule has 1 atom stereocenters. The number of hydrogen-bond donors (Lipinski definition) is 0. The molecule has 1 aliphatic carbocycles. The highest BCUT2D eigenvalue weighted by atomic mass is 14.7. The molecule has 0 aliphatic heterocycles. The Hall–Kier alpha value is -2.15. The monoisotopic (exact) mass is 247 g/mol. The van der Waals surface area contributed by atoms with Gasteiger partial charge in [-0.15, -0.1) is 0 Å². The lowest BCUT2D eigenvalue weighted by Gasteiger charge is -2.11. The van der Waals surface area contributed by atoms with Crippen LogP contribution in [0.15, 0.2) is 66.9 Å². The van der Waals surface area contributed by atoms with Gasteiger partial charge in [0.15, 0.2) is 0 Å². The van der Waals surface area contributed by atoms with Crippen LogP contribution in [0.5, 0.6) is 0 Å². The fourth-order valence-corrected chi connectivity index (χ4v) is 2.28. The molecule has 94 valence electrons. The van der Waals surface area contributed by atoms with Gasteiger partial charge in [-0.25, -0.2) is 0 Å². The Kier molecular flexibility index (Phi) is 3.28. The summed E-state index contributed by atoms with van der Waals surface area (Å²) in [4.78, 5) is 4.58. The Labute approximate surface area is 114 Å². The van der Waals surface area contributed by atoms with Gasteiger partial charge in [0.25, 0.3) is 0 Å². The van der Waals surface area contributed by atoms with Crippen molar-refractivity contribution in [2.24, 2.45) is 5.92 Å². The van der Waals surface area contributed by atoms with Gasteiger partial charge in [-0.2, -0.15) is 0 Å². The predicted octanol–water partition coefficient (Wildman–Crippen LogP) is 4.73. The van der Waals surface area contributed by atoms with Crippen molar-refractivity contribution in [1.82, 2.24) is 4.98 Å². The normalized spacial score (nSPS) is 18.2. The Balaban J connectivity index is 1.86. The highest BCUT2D eigenvalue weighted by molar-refractivity contribution is 5.74. The molecular formula is C18H17N. The Morgan fingerprint density at radius 2 is 1.84 bits per heavy atom. The minimum absolute atomic E-state index is 0.646. The molecule has 3 rings (SSSR count). The first-order valence-corrected chi connectivity index (χ1v) is 6.73. The first kappa shape index (κ1) is 11.9. The van der Waals surface area contributed by atoms with Gasteiger partial charge in [-0.3, -0.25) is 4.98 Å². The first-order chi connectivity index (χ1) is 9.33. The summed E-state index contributed by atoms with van der Waals surface area (Å²) in [5.74, 6) is 0.646. The number of hydrogen-bond acceptors (Lipinski definition) is 1. The summed E-state index contributed by atoms with van der Waals surface area (Å²) < 4.78 is 0. The van der Waals surface area contributed by atoms with Gasteiger partial charge in [-0.05, 0) is 29.5 Å². The van der Waals surface area contributed by atoms with Gasteiger partial charge in [0.1, 0.15) is 0 Å². The second-order valence-corrected chi connectivity index (χ2v) is 5.03. The molecule has 1 aromatic carbocycles. The third kappa shape index (κ3) is 2.65. The highest BCUT2D eigenvalue weighted by Gasteiger charge is 2.06. The van der Waals surface area contributed by atoms with Crippen LogP contribution in [0.3, 0.4) is 0 Å². The molecular weight excluding hydrogens is 230 g/mol. The number of nitrogens with zero attached hydrogens (tertiary/aromatic N) is 1. The molecule has 0 spiro atoms. The lowest BCUT2D eigenvalue weighted by molar-refractivity contribution is 0.738. The molecule has 1 heterocycles. The fourth-order valence-electron chi connectivity index (χ4n) is 2.28. The lowest BCUT2D eigenvalue weighted by Crippen LogP contribution is -1.96. The zero-order chi connectivity index (χ0) is 13.1. The molecule has 1 aliphatic rings. The summed E-state index contributed by atoms with van der Waals surface area (Å²) in [5.41, 5.74) is 4.67. The van der Waals surface area contributed by atoms with E-state index in [4.69, 9.17) is 0 Å². The maximum absolute atomic E-state index is 4.58. The third-order valence-electron chi connectivity index (χ3n) is 3.48. The molecule has 0 bridgehead atoms. The molecule has 0 saturated heterocycles. The largest absolute Gasteiger partial charge is 0.256 e. The Morgan fingerprint density at radius 1 is 1.00 bits per heavy atom. The molecule has 1 aromatic heterocycles. The SMILES string of the molecule is CC1C=CC(c2ccc(-c3ccccc3)cn2)=CC1. The minimum Gasteiger partial charge on any atom is -0.256 e. The van der Waals surface area contributed by atoms with Crippen molar-refractivity contribution in [3.8, 4) is 11.1 Å². The quantitative estimate of drug-likeness (QED) is 0.747. The van der Waals surface area contributed by atoms with Crippen molar-refractivity contribution in [1.29, 1.82) is 0 Å². The number of rotatable bonds is 2. The van der Waals surface area contributed by atoms with Gasteiger partial charge in [0.05, 0.1) is 5.69 Å². The van der Waals surface area contributed by atoms with Crippen molar-refractivity contribution in [2.75, 3.05) is 0 Å². The van der Waals surface area contributed by atoms with Crippen molar-refractivity contribution in [3.05, 3.63) is 72.6 Å². The topological polar surface area (TPSA) is 12.9 Å². The van der Waals surface area contributed by atoms with Gasteiger partial charge < -0.3 is 0 Å². The number of allylic oxidation sites excluding steroid dienone is 4.